The van der Waals surface area contributed by atoms with Gasteiger partial charge < -0.3 is 4.98 Å². The fourth-order valence-corrected chi connectivity index (χ4v) is 2.78. The molecule has 0 fully saturated rings. The minimum absolute atomic E-state index is 0.0196. The average molecular weight is 338 g/mol. The molecule has 100 valence electrons. The molecular formula is C14H16BrN3S. The molecule has 0 saturated carbocycles. The Morgan fingerprint density at radius 2 is 2.05 bits per heavy atom. The lowest BCUT2D eigenvalue weighted by Gasteiger charge is -2.21. The molecule has 0 atom stereocenters. The molecule has 2 aromatic rings. The SMILES string of the molecule is CC(C)(C)c1[nH]c(Cc2ccccn2)nc(=S)c1Br. The van der Waals surface area contributed by atoms with Crippen LogP contribution in [0, 0.1) is 4.64 Å². The molecule has 1 N–H and O–H groups in total. The second kappa shape index (κ2) is 5.51. The molecule has 0 aromatic carbocycles. The zero-order chi connectivity index (χ0) is 14.0. The van der Waals surface area contributed by atoms with Crippen LogP contribution in [-0.4, -0.2) is 15.0 Å². The number of halogens is 1. The van der Waals surface area contributed by atoms with Gasteiger partial charge in [-0.15, -0.1) is 0 Å². The van der Waals surface area contributed by atoms with E-state index in [1.165, 1.54) is 0 Å². The van der Waals surface area contributed by atoms with E-state index in [-0.39, 0.29) is 5.41 Å². The number of nitrogens with zero attached hydrogens (tertiary/aromatic N) is 2. The number of H-pyrrole nitrogens is 1. The van der Waals surface area contributed by atoms with E-state index in [1.54, 1.807) is 6.20 Å². The van der Waals surface area contributed by atoms with E-state index in [2.05, 4.69) is 51.7 Å². The highest BCUT2D eigenvalue weighted by Crippen LogP contribution is 2.28. The Hall–Kier alpha value is -1.07. The lowest BCUT2D eigenvalue weighted by Crippen LogP contribution is -2.17. The van der Waals surface area contributed by atoms with Crippen molar-refractivity contribution in [1.82, 2.24) is 15.0 Å². The monoisotopic (exact) mass is 337 g/mol. The molecule has 3 nitrogen and oxygen atoms in total. The summed E-state index contributed by atoms with van der Waals surface area (Å²) in [4.78, 5) is 12.1. The van der Waals surface area contributed by atoms with Crippen LogP contribution in [0.4, 0.5) is 0 Å². The van der Waals surface area contributed by atoms with Gasteiger partial charge in [0.25, 0.3) is 0 Å². The highest BCUT2D eigenvalue weighted by Gasteiger charge is 2.20. The normalized spacial score (nSPS) is 11.6. The van der Waals surface area contributed by atoms with Gasteiger partial charge in [-0.05, 0) is 28.1 Å². The van der Waals surface area contributed by atoms with Gasteiger partial charge in [-0.25, -0.2) is 4.98 Å². The molecule has 0 radical (unpaired) electrons. The molecule has 0 amide bonds. The Bertz CT molecular complexity index is 629. The number of nitrogens with one attached hydrogen (secondary N) is 1. The topological polar surface area (TPSA) is 41.6 Å². The fourth-order valence-electron chi connectivity index (χ4n) is 1.78. The van der Waals surface area contributed by atoms with Crippen molar-refractivity contribution in [2.75, 3.05) is 0 Å². The zero-order valence-corrected chi connectivity index (χ0v) is 13.6. The van der Waals surface area contributed by atoms with Crippen molar-refractivity contribution in [2.45, 2.75) is 32.6 Å². The van der Waals surface area contributed by atoms with Crippen LogP contribution in [0.2, 0.25) is 0 Å². The maximum Gasteiger partial charge on any atom is 0.144 e. The fraction of sp³-hybridized carbons (Fsp3) is 0.357. The van der Waals surface area contributed by atoms with E-state index in [4.69, 9.17) is 12.2 Å². The maximum atomic E-state index is 5.31. The van der Waals surface area contributed by atoms with Crippen LogP contribution in [0.25, 0.3) is 0 Å². The summed E-state index contributed by atoms with van der Waals surface area (Å²) >= 11 is 8.84. The van der Waals surface area contributed by atoms with E-state index < -0.39 is 0 Å². The third-order valence-corrected chi connectivity index (χ3v) is 4.07. The molecule has 0 aliphatic heterocycles. The molecule has 0 bridgehead atoms. The summed E-state index contributed by atoms with van der Waals surface area (Å²) in [5, 5.41) is 0. The van der Waals surface area contributed by atoms with E-state index in [9.17, 15) is 0 Å². The quantitative estimate of drug-likeness (QED) is 0.835. The third-order valence-electron chi connectivity index (χ3n) is 2.74. The van der Waals surface area contributed by atoms with Crippen LogP contribution in [0.15, 0.2) is 28.9 Å². The Kier molecular flexibility index (Phi) is 4.16. The number of hydrogen-bond donors (Lipinski definition) is 1. The number of aromatic nitrogens is 3. The molecule has 2 aromatic heterocycles. The van der Waals surface area contributed by atoms with Gasteiger partial charge in [0.15, 0.2) is 0 Å². The van der Waals surface area contributed by atoms with Crippen molar-refractivity contribution >= 4 is 28.1 Å². The molecule has 0 spiro atoms. The van der Waals surface area contributed by atoms with Gasteiger partial charge in [-0.2, -0.15) is 0 Å². The third kappa shape index (κ3) is 3.48. The minimum atomic E-state index is -0.0196. The largest absolute Gasteiger partial charge is 0.345 e. The van der Waals surface area contributed by atoms with Crippen molar-refractivity contribution in [2.24, 2.45) is 0 Å². The number of aromatic amines is 1. The standard InChI is InChI=1S/C14H16BrN3S/c1-14(2,3)12-11(15)13(19)18-10(17-12)8-9-6-4-5-7-16-9/h4-7H,8H2,1-3H3,(H,17,18,19). The molecule has 2 rings (SSSR count). The minimum Gasteiger partial charge on any atom is -0.345 e. The molecule has 0 unspecified atom stereocenters. The molecule has 5 heteroatoms. The van der Waals surface area contributed by atoms with Crippen LogP contribution in [-0.2, 0) is 11.8 Å². The van der Waals surface area contributed by atoms with Crippen molar-refractivity contribution in [1.29, 1.82) is 0 Å². The summed E-state index contributed by atoms with van der Waals surface area (Å²) in [5.74, 6) is 0.844. The van der Waals surface area contributed by atoms with Gasteiger partial charge in [0, 0.05) is 29.4 Å². The molecule has 0 aliphatic carbocycles. The van der Waals surface area contributed by atoms with E-state index in [1.807, 2.05) is 18.2 Å². The summed E-state index contributed by atoms with van der Waals surface area (Å²) in [6, 6.07) is 5.86. The molecule has 0 saturated heterocycles. The number of pyridine rings is 1. The Morgan fingerprint density at radius 1 is 1.32 bits per heavy atom. The van der Waals surface area contributed by atoms with Gasteiger partial charge in [-0.1, -0.05) is 39.1 Å². The van der Waals surface area contributed by atoms with Crippen molar-refractivity contribution in [3.05, 3.63) is 50.7 Å². The van der Waals surface area contributed by atoms with Crippen molar-refractivity contribution in [3.8, 4) is 0 Å². The first-order valence-electron chi connectivity index (χ1n) is 6.07. The van der Waals surface area contributed by atoms with Crippen molar-refractivity contribution < 1.29 is 0 Å². The number of hydrogen-bond acceptors (Lipinski definition) is 3. The summed E-state index contributed by atoms with van der Waals surface area (Å²) < 4.78 is 1.47. The lowest BCUT2D eigenvalue weighted by atomic mass is 9.92. The lowest BCUT2D eigenvalue weighted by molar-refractivity contribution is 0.558. The molecule has 19 heavy (non-hydrogen) atoms. The second-order valence-electron chi connectivity index (χ2n) is 5.43. The molecule has 0 aliphatic rings. The first kappa shape index (κ1) is 14.3. The van der Waals surface area contributed by atoms with Crippen LogP contribution >= 0.6 is 28.1 Å². The highest BCUT2D eigenvalue weighted by atomic mass is 79.9. The van der Waals surface area contributed by atoms with Crippen LogP contribution in [0.1, 0.15) is 38.0 Å². The molecule has 2 heterocycles. The van der Waals surface area contributed by atoms with Gasteiger partial charge in [-0.3, -0.25) is 4.98 Å². The first-order valence-corrected chi connectivity index (χ1v) is 7.27. The van der Waals surface area contributed by atoms with E-state index >= 15 is 0 Å². The number of rotatable bonds is 2. The summed E-state index contributed by atoms with van der Waals surface area (Å²) in [6.07, 6.45) is 2.44. The van der Waals surface area contributed by atoms with Gasteiger partial charge in [0.1, 0.15) is 10.5 Å². The summed E-state index contributed by atoms with van der Waals surface area (Å²) in [5.41, 5.74) is 2.02. The van der Waals surface area contributed by atoms with E-state index in [0.717, 1.165) is 21.7 Å². The van der Waals surface area contributed by atoms with Crippen LogP contribution in [0.5, 0.6) is 0 Å². The predicted octanol–water partition coefficient (Wildman–Crippen LogP) is 4.18. The predicted molar refractivity (Wildman–Crippen MR) is 82.9 cm³/mol. The Balaban J connectivity index is 2.43. The highest BCUT2D eigenvalue weighted by molar-refractivity contribution is 9.10. The zero-order valence-electron chi connectivity index (χ0n) is 11.2. The Morgan fingerprint density at radius 3 is 2.63 bits per heavy atom. The first-order chi connectivity index (χ1) is 8.88. The summed E-state index contributed by atoms with van der Waals surface area (Å²) in [7, 11) is 0. The van der Waals surface area contributed by atoms with E-state index in [0.29, 0.717) is 11.1 Å². The van der Waals surface area contributed by atoms with Gasteiger partial charge in [0.05, 0.1) is 4.47 Å². The van der Waals surface area contributed by atoms with Crippen molar-refractivity contribution in [3.63, 3.8) is 0 Å². The van der Waals surface area contributed by atoms with Crippen LogP contribution in [0.3, 0.4) is 0 Å². The van der Waals surface area contributed by atoms with Gasteiger partial charge in [0.2, 0.25) is 0 Å². The van der Waals surface area contributed by atoms with Crippen LogP contribution < -0.4 is 0 Å². The maximum absolute atomic E-state index is 5.31. The Labute approximate surface area is 126 Å². The smallest absolute Gasteiger partial charge is 0.144 e. The average Bonchev–Trinajstić information content (AvgIpc) is 2.33. The molecular weight excluding hydrogens is 322 g/mol. The summed E-state index contributed by atoms with van der Waals surface area (Å²) in [6.45, 7) is 6.43. The van der Waals surface area contributed by atoms with Gasteiger partial charge >= 0.3 is 0 Å². The second-order valence-corrected chi connectivity index (χ2v) is 6.61.